The van der Waals surface area contributed by atoms with Crippen LogP contribution in [0.3, 0.4) is 0 Å². The molecule has 0 fully saturated rings. The van der Waals surface area contributed by atoms with Gasteiger partial charge in [0.2, 0.25) is 0 Å². The lowest BCUT2D eigenvalue weighted by atomic mass is 10.1. The van der Waals surface area contributed by atoms with Crippen LogP contribution in [-0.2, 0) is 0 Å². The monoisotopic (exact) mass is 264 g/mol. The van der Waals surface area contributed by atoms with Gasteiger partial charge in [0.15, 0.2) is 0 Å². The van der Waals surface area contributed by atoms with Crippen molar-refractivity contribution in [2.24, 2.45) is 0 Å². The molecule has 0 spiro atoms. The second-order valence-corrected chi connectivity index (χ2v) is 4.80. The van der Waals surface area contributed by atoms with Crippen LogP contribution in [0.25, 0.3) is 0 Å². The van der Waals surface area contributed by atoms with E-state index >= 15 is 0 Å². The van der Waals surface area contributed by atoms with Crippen LogP contribution in [0.2, 0.25) is 0 Å². The van der Waals surface area contributed by atoms with Crippen molar-refractivity contribution in [3.63, 3.8) is 0 Å². The average molecular weight is 264 g/mol. The van der Waals surface area contributed by atoms with Gasteiger partial charge in [-0.05, 0) is 24.6 Å². The molecule has 0 saturated carbocycles. The molecule has 4 N–H and O–H groups in total. The van der Waals surface area contributed by atoms with Gasteiger partial charge in [-0.2, -0.15) is 0 Å². The summed E-state index contributed by atoms with van der Waals surface area (Å²) in [5, 5.41) is 12.3. The molecule has 106 valence electrons. The van der Waals surface area contributed by atoms with Crippen molar-refractivity contribution in [1.82, 2.24) is 5.32 Å². The Kier molecular flexibility index (Phi) is 6.79. The highest BCUT2D eigenvalue weighted by molar-refractivity contribution is 5.95. The van der Waals surface area contributed by atoms with Gasteiger partial charge in [-0.15, -0.1) is 0 Å². The van der Waals surface area contributed by atoms with Gasteiger partial charge in [0, 0.05) is 12.1 Å². The second-order valence-electron chi connectivity index (χ2n) is 4.80. The summed E-state index contributed by atoms with van der Waals surface area (Å²) in [6, 6.07) is 4.55. The molecule has 0 aliphatic carbocycles. The Hall–Kier alpha value is -1.71. The van der Waals surface area contributed by atoms with E-state index in [1.54, 1.807) is 6.07 Å². The minimum Gasteiger partial charge on any atom is -0.506 e. The number of amides is 1. The number of phenols is 1. The molecule has 1 aromatic carbocycles. The highest BCUT2D eigenvalue weighted by Gasteiger charge is 2.06. The Morgan fingerprint density at radius 1 is 1.21 bits per heavy atom. The van der Waals surface area contributed by atoms with Crippen LogP contribution >= 0.6 is 0 Å². The summed E-state index contributed by atoms with van der Waals surface area (Å²) in [7, 11) is 0. The molecule has 4 heteroatoms. The van der Waals surface area contributed by atoms with Crippen molar-refractivity contribution in [2.75, 3.05) is 12.3 Å². The van der Waals surface area contributed by atoms with Gasteiger partial charge in [0.25, 0.3) is 5.91 Å². The number of anilines is 1. The van der Waals surface area contributed by atoms with Gasteiger partial charge in [-0.3, -0.25) is 4.79 Å². The SMILES string of the molecule is CCCCCCCCNC(=O)c1ccc(N)c(O)c1. The quantitative estimate of drug-likeness (QED) is 0.384. The summed E-state index contributed by atoms with van der Waals surface area (Å²) in [5.41, 5.74) is 6.21. The third-order valence-electron chi connectivity index (χ3n) is 3.11. The summed E-state index contributed by atoms with van der Waals surface area (Å²) in [4.78, 5) is 11.8. The predicted molar refractivity (Wildman–Crippen MR) is 78.2 cm³/mol. The maximum absolute atomic E-state index is 11.8. The predicted octanol–water partition coefficient (Wildman–Crippen LogP) is 3.06. The van der Waals surface area contributed by atoms with Crippen molar-refractivity contribution in [1.29, 1.82) is 0 Å². The lowest BCUT2D eigenvalue weighted by Crippen LogP contribution is -2.24. The van der Waals surface area contributed by atoms with Gasteiger partial charge in [-0.25, -0.2) is 0 Å². The fourth-order valence-corrected chi connectivity index (χ4v) is 1.89. The normalized spacial score (nSPS) is 10.4. The summed E-state index contributed by atoms with van der Waals surface area (Å²) in [6.07, 6.45) is 7.18. The molecule has 0 aliphatic rings. The van der Waals surface area contributed by atoms with E-state index in [4.69, 9.17) is 5.73 Å². The number of hydrogen-bond donors (Lipinski definition) is 3. The summed E-state index contributed by atoms with van der Waals surface area (Å²) >= 11 is 0. The minimum atomic E-state index is -0.163. The van der Waals surface area contributed by atoms with Gasteiger partial charge < -0.3 is 16.2 Å². The molecule has 1 aromatic rings. The van der Waals surface area contributed by atoms with Crippen LogP contribution in [-0.4, -0.2) is 17.6 Å². The minimum absolute atomic E-state index is 0.0489. The average Bonchev–Trinajstić information content (AvgIpc) is 2.40. The van der Waals surface area contributed by atoms with Gasteiger partial charge in [-0.1, -0.05) is 39.0 Å². The molecule has 1 rings (SSSR count). The lowest BCUT2D eigenvalue weighted by Gasteiger charge is -2.06. The third-order valence-corrected chi connectivity index (χ3v) is 3.11. The maximum Gasteiger partial charge on any atom is 0.251 e. The van der Waals surface area contributed by atoms with Gasteiger partial charge >= 0.3 is 0 Å². The number of hydrogen-bond acceptors (Lipinski definition) is 3. The zero-order valence-corrected chi connectivity index (χ0v) is 11.6. The van der Waals surface area contributed by atoms with Crippen molar-refractivity contribution in [2.45, 2.75) is 45.4 Å². The standard InChI is InChI=1S/C15H24N2O2/c1-2-3-4-5-6-7-10-17-15(19)12-8-9-13(16)14(18)11-12/h8-9,11,18H,2-7,10,16H2,1H3,(H,17,19). The number of unbranched alkanes of at least 4 members (excludes halogenated alkanes) is 5. The van der Waals surface area contributed by atoms with Crippen LogP contribution < -0.4 is 11.1 Å². The molecule has 0 heterocycles. The molecule has 1 amide bonds. The molecule has 19 heavy (non-hydrogen) atoms. The molecular weight excluding hydrogens is 240 g/mol. The number of rotatable bonds is 8. The molecule has 0 atom stereocenters. The zero-order chi connectivity index (χ0) is 14.1. The van der Waals surface area contributed by atoms with E-state index in [1.807, 2.05) is 0 Å². The largest absolute Gasteiger partial charge is 0.506 e. The Balaban J connectivity index is 2.22. The molecule has 0 aliphatic heterocycles. The number of aromatic hydroxyl groups is 1. The van der Waals surface area contributed by atoms with Crippen LogP contribution in [0, 0.1) is 0 Å². The number of carbonyl (C=O) groups excluding carboxylic acids is 1. The van der Waals surface area contributed by atoms with Gasteiger partial charge in [0.1, 0.15) is 5.75 Å². The van der Waals surface area contributed by atoms with Gasteiger partial charge in [0.05, 0.1) is 5.69 Å². The Bertz CT molecular complexity index is 405. The lowest BCUT2D eigenvalue weighted by molar-refractivity contribution is 0.0952. The fourth-order valence-electron chi connectivity index (χ4n) is 1.89. The highest BCUT2D eigenvalue weighted by Crippen LogP contribution is 2.20. The van der Waals surface area contributed by atoms with E-state index in [1.165, 1.54) is 37.8 Å². The summed E-state index contributed by atoms with van der Waals surface area (Å²) < 4.78 is 0. The first kappa shape index (κ1) is 15.3. The van der Waals surface area contributed by atoms with E-state index < -0.39 is 0 Å². The van der Waals surface area contributed by atoms with E-state index in [-0.39, 0.29) is 17.3 Å². The van der Waals surface area contributed by atoms with E-state index in [0.717, 1.165) is 12.8 Å². The third kappa shape index (κ3) is 5.64. The number of nitrogens with two attached hydrogens (primary N) is 1. The van der Waals surface area contributed by atoms with E-state index in [0.29, 0.717) is 12.1 Å². The molecule has 0 bridgehead atoms. The first-order valence-electron chi connectivity index (χ1n) is 7.02. The smallest absolute Gasteiger partial charge is 0.251 e. The Morgan fingerprint density at radius 3 is 2.58 bits per heavy atom. The molecule has 0 aromatic heterocycles. The first-order chi connectivity index (χ1) is 9.15. The summed E-state index contributed by atoms with van der Waals surface area (Å²) in [6.45, 7) is 2.87. The van der Waals surface area contributed by atoms with Crippen molar-refractivity contribution in [3.05, 3.63) is 23.8 Å². The molecular formula is C15H24N2O2. The van der Waals surface area contributed by atoms with Crippen molar-refractivity contribution >= 4 is 11.6 Å². The Morgan fingerprint density at radius 2 is 1.89 bits per heavy atom. The van der Waals surface area contributed by atoms with Crippen molar-refractivity contribution < 1.29 is 9.90 Å². The molecule has 4 nitrogen and oxygen atoms in total. The molecule has 0 saturated heterocycles. The zero-order valence-electron chi connectivity index (χ0n) is 11.6. The van der Waals surface area contributed by atoms with Crippen LogP contribution in [0.4, 0.5) is 5.69 Å². The fraction of sp³-hybridized carbons (Fsp3) is 0.533. The second kappa shape index (κ2) is 8.40. The summed E-state index contributed by atoms with van der Waals surface area (Å²) in [5.74, 6) is -0.212. The van der Waals surface area contributed by atoms with Crippen LogP contribution in [0.15, 0.2) is 18.2 Å². The first-order valence-corrected chi connectivity index (χ1v) is 7.02. The number of benzene rings is 1. The number of carbonyl (C=O) groups is 1. The highest BCUT2D eigenvalue weighted by atomic mass is 16.3. The molecule has 0 radical (unpaired) electrons. The molecule has 0 unspecified atom stereocenters. The van der Waals surface area contributed by atoms with Crippen molar-refractivity contribution in [3.8, 4) is 5.75 Å². The number of nitrogens with one attached hydrogen (secondary N) is 1. The maximum atomic E-state index is 11.8. The number of nitrogen functional groups attached to an aromatic ring is 1. The Labute approximate surface area is 115 Å². The van der Waals surface area contributed by atoms with Crippen LogP contribution in [0.1, 0.15) is 55.8 Å². The topological polar surface area (TPSA) is 75.4 Å². The number of phenolic OH excluding ortho intramolecular Hbond substituents is 1. The van der Waals surface area contributed by atoms with E-state index in [2.05, 4.69) is 12.2 Å². The van der Waals surface area contributed by atoms with E-state index in [9.17, 15) is 9.90 Å². The van der Waals surface area contributed by atoms with Crippen LogP contribution in [0.5, 0.6) is 5.75 Å².